The molecule has 0 spiro atoms. The van der Waals surface area contributed by atoms with Crippen molar-refractivity contribution in [2.75, 3.05) is 35.2 Å². The SMILES string of the molecule is C=C(Cn1cc(CNc2cc(N3CCCC[C@H]3CCO)nc3c(CC)cnn23)ccc1=O)C(=O)NCc1cccc(NC(=O)c2nn(Cc3ccc(F)cc3)c3c2CN(C(=O)c2ccc[nH]2)C[C@H]3C)c1. The number of hydrogen-bond donors (Lipinski definition) is 5. The summed E-state index contributed by atoms with van der Waals surface area (Å²) >= 11 is 0. The van der Waals surface area contributed by atoms with Crippen molar-refractivity contribution >= 4 is 40.7 Å². The van der Waals surface area contributed by atoms with Crippen molar-refractivity contribution in [1.82, 2.24) is 44.1 Å². The molecule has 0 radical (unpaired) electrons. The number of fused-ring (bicyclic) bond motifs is 2. The first kappa shape index (κ1) is 47.2. The van der Waals surface area contributed by atoms with Crippen LogP contribution in [0.2, 0.25) is 0 Å². The Morgan fingerprint density at radius 1 is 0.986 bits per heavy atom. The summed E-state index contributed by atoms with van der Waals surface area (Å²) in [4.78, 5) is 66.1. The number of amides is 3. The van der Waals surface area contributed by atoms with E-state index in [0.717, 1.165) is 71.9 Å². The highest BCUT2D eigenvalue weighted by atomic mass is 19.1. The van der Waals surface area contributed by atoms with Crippen LogP contribution in [0.1, 0.15) is 99.9 Å². The van der Waals surface area contributed by atoms with Crippen LogP contribution in [0.25, 0.3) is 5.65 Å². The van der Waals surface area contributed by atoms with Gasteiger partial charge in [-0.1, -0.05) is 50.8 Å². The maximum absolute atomic E-state index is 14.1. The summed E-state index contributed by atoms with van der Waals surface area (Å²) < 4.78 is 18.8. The van der Waals surface area contributed by atoms with Crippen LogP contribution in [0, 0.1) is 5.82 Å². The molecule has 7 heterocycles. The van der Waals surface area contributed by atoms with Crippen molar-refractivity contribution < 1.29 is 23.9 Å². The van der Waals surface area contributed by atoms with Crippen LogP contribution in [-0.4, -0.2) is 87.4 Å². The lowest BCUT2D eigenvalue weighted by atomic mass is 9.95. The Bertz CT molecular complexity index is 3100. The molecular formula is C52H57FN12O5. The molecule has 0 aliphatic carbocycles. The van der Waals surface area contributed by atoms with E-state index in [9.17, 15) is 28.7 Å². The first-order valence-corrected chi connectivity index (χ1v) is 23.8. The summed E-state index contributed by atoms with van der Waals surface area (Å²) in [7, 11) is 0. The number of pyridine rings is 1. The molecule has 7 aromatic rings. The fourth-order valence-corrected chi connectivity index (χ4v) is 9.55. The van der Waals surface area contributed by atoms with Crippen LogP contribution in [0.15, 0.2) is 114 Å². The van der Waals surface area contributed by atoms with Crippen LogP contribution < -0.4 is 26.4 Å². The molecule has 1 saturated heterocycles. The zero-order valence-corrected chi connectivity index (χ0v) is 39.3. The topological polar surface area (TPSA) is 200 Å². The number of nitrogens with one attached hydrogen (secondary N) is 4. The maximum atomic E-state index is 14.1. The van der Waals surface area contributed by atoms with Crippen LogP contribution in [0.5, 0.6) is 0 Å². The van der Waals surface area contributed by atoms with Crippen LogP contribution >= 0.6 is 0 Å². The van der Waals surface area contributed by atoms with Gasteiger partial charge in [0.15, 0.2) is 11.3 Å². The third-order valence-corrected chi connectivity index (χ3v) is 13.1. The Morgan fingerprint density at radius 3 is 2.60 bits per heavy atom. The van der Waals surface area contributed by atoms with E-state index in [0.29, 0.717) is 48.6 Å². The van der Waals surface area contributed by atoms with E-state index in [4.69, 9.17) is 10.1 Å². The second-order valence-corrected chi connectivity index (χ2v) is 18.1. The molecule has 3 amide bonds. The molecule has 2 aliphatic heterocycles. The molecular weight excluding hydrogens is 892 g/mol. The molecule has 0 unspecified atom stereocenters. The van der Waals surface area contributed by atoms with E-state index >= 15 is 0 Å². The third-order valence-electron chi connectivity index (χ3n) is 13.1. The van der Waals surface area contributed by atoms with Crippen LogP contribution in [0.3, 0.4) is 0 Å². The van der Waals surface area contributed by atoms with E-state index in [1.807, 2.05) is 25.3 Å². The van der Waals surface area contributed by atoms with Gasteiger partial charge in [-0.05, 0) is 85.2 Å². The standard InChI is InChI=1S/C52H57FN12O5/c1-4-38-27-57-65-44(24-45(59-49(38)65)63-21-6-5-11-41(63)19-22-66)55-26-37-15-18-46(67)61(30-37)29-34(3)50(68)56-25-36-9-7-10-40(23-36)58-51(69)47-42-32-62(52(70)43-12-8-20-54-43)28-33(2)48(42)64(60-47)31-35-13-16-39(53)17-14-35/h7-10,12-18,20,23-24,27,30,33,41,54-55,66H,3-6,11,19,21-22,25-26,28-29,31-32H2,1-2H3,(H,56,68)(H,58,69)/t33-,41+/m1/s1. The minimum absolute atomic E-state index is 0.0384. The molecule has 17 nitrogen and oxygen atoms in total. The van der Waals surface area contributed by atoms with Crippen molar-refractivity contribution in [3.8, 4) is 0 Å². The Hall–Kier alpha value is -7.86. The summed E-state index contributed by atoms with van der Waals surface area (Å²) in [6.45, 7) is 10.4. The normalized spacial score (nSPS) is 15.7. The van der Waals surface area contributed by atoms with E-state index in [1.54, 1.807) is 75.0 Å². The van der Waals surface area contributed by atoms with Gasteiger partial charge in [-0.3, -0.25) is 23.9 Å². The number of carbonyl (C=O) groups is 3. The van der Waals surface area contributed by atoms with Crippen molar-refractivity contribution in [2.24, 2.45) is 0 Å². The number of nitrogens with zero attached hydrogens (tertiary/aromatic N) is 8. The minimum Gasteiger partial charge on any atom is -0.396 e. The van der Waals surface area contributed by atoms with Gasteiger partial charge in [0, 0.05) is 97.4 Å². The van der Waals surface area contributed by atoms with E-state index in [1.165, 1.54) is 22.8 Å². The molecule has 9 rings (SSSR count). The summed E-state index contributed by atoms with van der Waals surface area (Å²) in [5, 5.41) is 28.5. The zero-order valence-electron chi connectivity index (χ0n) is 39.3. The summed E-state index contributed by atoms with van der Waals surface area (Å²) in [6.07, 6.45) is 9.84. The number of H-pyrrole nitrogens is 1. The molecule has 2 aromatic carbocycles. The van der Waals surface area contributed by atoms with Crippen molar-refractivity contribution in [1.29, 1.82) is 0 Å². The zero-order chi connectivity index (χ0) is 48.9. The molecule has 1 fully saturated rings. The molecule has 2 aliphatic rings. The number of aromatic nitrogens is 7. The molecule has 2 atom stereocenters. The molecule has 5 aromatic heterocycles. The summed E-state index contributed by atoms with van der Waals surface area (Å²) in [6, 6.07) is 22.1. The maximum Gasteiger partial charge on any atom is 0.276 e. The molecule has 5 N–H and O–H groups in total. The quantitative estimate of drug-likeness (QED) is 0.0637. The number of aryl methyl sites for hydroxylation is 1. The van der Waals surface area contributed by atoms with Gasteiger partial charge in [-0.15, -0.1) is 0 Å². The van der Waals surface area contributed by atoms with Gasteiger partial charge in [0.25, 0.3) is 17.4 Å². The smallest absolute Gasteiger partial charge is 0.276 e. The van der Waals surface area contributed by atoms with Gasteiger partial charge >= 0.3 is 0 Å². The molecule has 18 heteroatoms. The first-order chi connectivity index (χ1) is 34.0. The highest BCUT2D eigenvalue weighted by molar-refractivity contribution is 6.04. The lowest BCUT2D eigenvalue weighted by Gasteiger charge is -2.36. The fraction of sp³-hybridized carbons (Fsp3) is 0.327. The molecule has 362 valence electrons. The van der Waals surface area contributed by atoms with Gasteiger partial charge in [-0.2, -0.15) is 14.7 Å². The number of aliphatic hydroxyl groups excluding tert-OH is 1. The Balaban J connectivity index is 0.848. The fourth-order valence-electron chi connectivity index (χ4n) is 9.55. The predicted octanol–water partition coefficient (Wildman–Crippen LogP) is 6.40. The molecule has 70 heavy (non-hydrogen) atoms. The number of rotatable bonds is 17. The molecule has 0 bridgehead atoms. The number of anilines is 3. The largest absolute Gasteiger partial charge is 0.396 e. The Morgan fingerprint density at radius 2 is 1.81 bits per heavy atom. The van der Waals surface area contributed by atoms with Gasteiger partial charge in [-0.25, -0.2) is 9.37 Å². The number of benzene rings is 2. The van der Waals surface area contributed by atoms with Gasteiger partial charge < -0.3 is 40.4 Å². The highest BCUT2D eigenvalue weighted by Crippen LogP contribution is 2.33. The number of aromatic amines is 1. The van der Waals surface area contributed by atoms with Crippen LogP contribution in [0.4, 0.5) is 21.7 Å². The number of aliphatic hydroxyl groups is 1. The second kappa shape index (κ2) is 20.8. The van der Waals surface area contributed by atoms with Crippen LogP contribution in [-0.2, 0) is 43.9 Å². The number of halogens is 1. The predicted molar refractivity (Wildman–Crippen MR) is 264 cm³/mol. The Labute approximate surface area is 404 Å². The third kappa shape index (κ3) is 10.3. The monoisotopic (exact) mass is 948 g/mol. The lowest BCUT2D eigenvalue weighted by Crippen LogP contribution is -2.40. The highest BCUT2D eigenvalue weighted by Gasteiger charge is 2.35. The summed E-state index contributed by atoms with van der Waals surface area (Å²) in [5.41, 5.74) is 6.54. The van der Waals surface area contributed by atoms with E-state index < -0.39 is 11.8 Å². The molecule has 0 saturated carbocycles. The minimum atomic E-state index is -0.469. The van der Waals surface area contributed by atoms with E-state index in [2.05, 4.69) is 44.4 Å². The number of carbonyl (C=O) groups excluding carboxylic acids is 3. The Kier molecular flexibility index (Phi) is 14.0. The average molecular weight is 949 g/mol. The summed E-state index contributed by atoms with van der Waals surface area (Å²) in [5.74, 6) is -0.0349. The van der Waals surface area contributed by atoms with Gasteiger partial charge in [0.2, 0.25) is 5.91 Å². The van der Waals surface area contributed by atoms with Gasteiger partial charge in [0.1, 0.15) is 23.1 Å². The van der Waals surface area contributed by atoms with Crippen molar-refractivity contribution in [3.63, 3.8) is 0 Å². The lowest BCUT2D eigenvalue weighted by molar-refractivity contribution is -0.117. The van der Waals surface area contributed by atoms with E-state index in [-0.39, 0.29) is 66.8 Å². The second-order valence-electron chi connectivity index (χ2n) is 18.1. The average Bonchev–Trinajstić information content (AvgIpc) is 4.14. The van der Waals surface area contributed by atoms with Crippen molar-refractivity contribution in [2.45, 2.75) is 90.6 Å². The number of hydrogen-bond acceptors (Lipinski definition) is 10. The van der Waals surface area contributed by atoms with Gasteiger partial charge in [0.05, 0.1) is 25.8 Å². The first-order valence-electron chi connectivity index (χ1n) is 23.8. The van der Waals surface area contributed by atoms with Crippen molar-refractivity contribution in [3.05, 3.63) is 171 Å². The number of piperidine rings is 1.